The van der Waals surface area contributed by atoms with E-state index < -0.39 is 6.41 Å². The van der Waals surface area contributed by atoms with E-state index in [4.69, 9.17) is 34.4 Å². The van der Waals surface area contributed by atoms with Gasteiger partial charge in [0.05, 0.1) is 23.2 Å². The van der Waals surface area contributed by atoms with E-state index in [2.05, 4.69) is 4.74 Å². The lowest BCUT2D eigenvalue weighted by atomic mass is 10.1. The summed E-state index contributed by atoms with van der Waals surface area (Å²) in [4.78, 5) is 0. The van der Waals surface area contributed by atoms with E-state index in [0.29, 0.717) is 11.2 Å². The van der Waals surface area contributed by atoms with E-state index >= 15 is 0 Å². The van der Waals surface area contributed by atoms with E-state index in [0.717, 1.165) is 0 Å². The largest absolute Gasteiger partial charge is 0.280 e. The second kappa shape index (κ2) is 4.37. The highest BCUT2D eigenvalue weighted by atomic mass is 35.7. The van der Waals surface area contributed by atoms with Crippen LogP contribution in [0.4, 0.5) is 0 Å². The lowest BCUT2D eigenvalue weighted by Crippen LogP contribution is -2.08. The van der Waals surface area contributed by atoms with E-state index in [1.54, 1.807) is 0 Å². The van der Waals surface area contributed by atoms with Crippen LogP contribution in [0.15, 0.2) is 4.74 Å². The molecule has 0 fully saturated rings. The molecular formula is C6H13Cl3NP. The molecule has 0 bridgehead atoms. The van der Waals surface area contributed by atoms with Gasteiger partial charge in [-0.15, -0.1) is 23.2 Å². The van der Waals surface area contributed by atoms with Gasteiger partial charge in [0.15, 0.2) is 0 Å². The Morgan fingerprint density at radius 2 is 1.55 bits per heavy atom. The molecule has 1 nitrogen and oxygen atoms in total. The summed E-state index contributed by atoms with van der Waals surface area (Å²) in [7, 11) is 0. The van der Waals surface area contributed by atoms with Crippen LogP contribution >= 0.6 is 40.8 Å². The monoisotopic (exact) mass is 235 g/mol. The summed E-state index contributed by atoms with van der Waals surface area (Å²) in [5.74, 6) is 0. The fourth-order valence-electron chi connectivity index (χ4n) is 0.623. The van der Waals surface area contributed by atoms with Gasteiger partial charge in [0.2, 0.25) is 0 Å². The Hall–Kier alpha value is 1.10. The van der Waals surface area contributed by atoms with Gasteiger partial charge in [-0.3, -0.25) is 4.74 Å². The molecule has 5 heteroatoms. The van der Waals surface area contributed by atoms with Crippen LogP contribution in [0.2, 0.25) is 0 Å². The molecule has 68 valence electrons. The van der Waals surface area contributed by atoms with Gasteiger partial charge in [-0.1, -0.05) is 11.2 Å². The smallest absolute Gasteiger partial charge is 0.0835 e. The number of rotatable bonds is 2. The van der Waals surface area contributed by atoms with Crippen molar-refractivity contribution in [3.63, 3.8) is 0 Å². The maximum atomic E-state index is 6.07. The van der Waals surface area contributed by atoms with Crippen LogP contribution in [-0.4, -0.2) is 16.8 Å². The molecule has 0 amide bonds. The molecule has 0 heterocycles. The molecule has 0 atom stereocenters. The Morgan fingerprint density at radius 1 is 1.18 bits per heavy atom. The van der Waals surface area contributed by atoms with Gasteiger partial charge in [0.25, 0.3) is 0 Å². The molecular weight excluding hydrogens is 223 g/mol. The standard InChI is InChI=1S/C6H13Cl3NP/c1-6(2,3)10-11(9,4-7)5-8/h4-5H2,1-3H3. The first-order valence-electron chi connectivity index (χ1n) is 3.26. The van der Waals surface area contributed by atoms with E-state index in [1.165, 1.54) is 0 Å². The summed E-state index contributed by atoms with van der Waals surface area (Å²) in [6.45, 7) is 5.97. The van der Waals surface area contributed by atoms with E-state index in [9.17, 15) is 0 Å². The van der Waals surface area contributed by atoms with Crippen LogP contribution in [-0.2, 0) is 0 Å². The maximum Gasteiger partial charge on any atom is 0.0835 e. The van der Waals surface area contributed by atoms with Crippen LogP contribution in [0.3, 0.4) is 0 Å². The molecule has 0 aliphatic rings. The number of hydrogen-bond donors (Lipinski definition) is 0. The lowest BCUT2D eigenvalue weighted by molar-refractivity contribution is 0.591. The summed E-state index contributed by atoms with van der Waals surface area (Å²) in [5, 5.41) is 0. The normalized spacial score (nSPS) is 13.3. The van der Waals surface area contributed by atoms with Crippen molar-refractivity contribution in [1.29, 1.82) is 0 Å². The lowest BCUT2D eigenvalue weighted by Gasteiger charge is -2.19. The van der Waals surface area contributed by atoms with Crippen molar-refractivity contribution >= 4 is 40.8 Å². The highest BCUT2D eigenvalue weighted by Gasteiger charge is 2.18. The Morgan fingerprint density at radius 3 is 1.64 bits per heavy atom. The Bertz CT molecular complexity index is 165. The Balaban J connectivity index is 4.61. The molecule has 0 N–H and O–H groups in total. The minimum absolute atomic E-state index is 0.140. The molecule has 0 aromatic heterocycles. The quantitative estimate of drug-likeness (QED) is 0.493. The summed E-state index contributed by atoms with van der Waals surface area (Å²) >= 11 is 17.4. The average Bonchev–Trinajstić information content (AvgIpc) is 1.84. The second-order valence-electron chi connectivity index (χ2n) is 3.33. The number of alkyl halides is 2. The number of hydrogen-bond acceptors (Lipinski definition) is 1. The first kappa shape index (κ1) is 12.1. The van der Waals surface area contributed by atoms with Crippen molar-refractivity contribution in [3.05, 3.63) is 0 Å². The third kappa shape index (κ3) is 5.36. The molecule has 0 aliphatic carbocycles. The third-order valence-corrected chi connectivity index (χ3v) is 6.59. The third-order valence-electron chi connectivity index (χ3n) is 0.846. The average molecular weight is 237 g/mol. The van der Waals surface area contributed by atoms with Crippen LogP contribution in [0.5, 0.6) is 0 Å². The van der Waals surface area contributed by atoms with Crippen LogP contribution < -0.4 is 0 Å². The second-order valence-corrected chi connectivity index (χ2v) is 8.97. The van der Waals surface area contributed by atoms with E-state index in [1.807, 2.05) is 20.8 Å². The van der Waals surface area contributed by atoms with Gasteiger partial charge in [-0.25, -0.2) is 0 Å². The van der Waals surface area contributed by atoms with Gasteiger partial charge in [-0.2, -0.15) is 0 Å². The predicted octanol–water partition coefficient (Wildman–Crippen LogP) is 4.53. The zero-order valence-electron chi connectivity index (χ0n) is 6.94. The Labute approximate surface area is 83.3 Å². The van der Waals surface area contributed by atoms with Crippen LogP contribution in [0.25, 0.3) is 0 Å². The Kier molecular flexibility index (Phi) is 4.81. The molecule has 11 heavy (non-hydrogen) atoms. The predicted molar refractivity (Wildman–Crippen MR) is 56.4 cm³/mol. The number of nitrogens with zero attached hydrogens (tertiary/aromatic N) is 1. The summed E-state index contributed by atoms with van der Waals surface area (Å²) in [5.41, 5.74) is 0.573. The molecule has 0 aromatic carbocycles. The summed E-state index contributed by atoms with van der Waals surface area (Å²) < 4.78 is 4.39. The molecule has 0 unspecified atom stereocenters. The van der Waals surface area contributed by atoms with Crippen LogP contribution in [0, 0.1) is 0 Å². The van der Waals surface area contributed by atoms with E-state index in [-0.39, 0.29) is 5.54 Å². The molecule has 0 radical (unpaired) electrons. The molecule has 0 aliphatic heterocycles. The molecule has 0 saturated carbocycles. The van der Waals surface area contributed by atoms with Crippen molar-refractivity contribution in [2.24, 2.45) is 4.74 Å². The van der Waals surface area contributed by atoms with Gasteiger partial charge in [-0.05, 0) is 20.8 Å². The van der Waals surface area contributed by atoms with Crippen LogP contribution in [0.1, 0.15) is 20.8 Å². The van der Waals surface area contributed by atoms with Gasteiger partial charge in [0.1, 0.15) is 0 Å². The molecule has 0 aromatic rings. The topological polar surface area (TPSA) is 12.4 Å². The van der Waals surface area contributed by atoms with Crippen molar-refractivity contribution in [1.82, 2.24) is 0 Å². The van der Waals surface area contributed by atoms with Gasteiger partial charge < -0.3 is 0 Å². The summed E-state index contributed by atoms with van der Waals surface area (Å²) in [6, 6.07) is 0. The molecule has 0 spiro atoms. The van der Waals surface area contributed by atoms with Gasteiger partial charge >= 0.3 is 0 Å². The van der Waals surface area contributed by atoms with Gasteiger partial charge in [0, 0.05) is 0 Å². The van der Waals surface area contributed by atoms with Crippen molar-refractivity contribution in [3.8, 4) is 0 Å². The highest BCUT2D eigenvalue weighted by molar-refractivity contribution is 7.93. The van der Waals surface area contributed by atoms with Crippen molar-refractivity contribution < 1.29 is 0 Å². The first-order valence-corrected chi connectivity index (χ1v) is 7.35. The summed E-state index contributed by atoms with van der Waals surface area (Å²) in [6.07, 6.45) is -1.92. The minimum atomic E-state index is -1.92. The highest BCUT2D eigenvalue weighted by Crippen LogP contribution is 2.58. The fraction of sp³-hybridized carbons (Fsp3) is 1.00. The maximum absolute atomic E-state index is 6.07. The van der Waals surface area contributed by atoms with Crippen molar-refractivity contribution in [2.45, 2.75) is 26.3 Å². The first-order chi connectivity index (χ1) is 4.83. The SMILES string of the molecule is CC(C)(C)N=P(Cl)(CCl)CCl. The zero-order chi connectivity index (χ0) is 9.12. The molecule has 0 rings (SSSR count). The number of halogens is 3. The zero-order valence-corrected chi connectivity index (χ0v) is 10.1. The van der Waals surface area contributed by atoms with Crippen molar-refractivity contribution in [2.75, 3.05) is 11.2 Å². The molecule has 0 saturated heterocycles. The fourth-order valence-corrected chi connectivity index (χ4v) is 3.64. The minimum Gasteiger partial charge on any atom is -0.280 e.